The number of sulfonamides is 1. The van der Waals surface area contributed by atoms with E-state index in [1.54, 1.807) is 0 Å². The van der Waals surface area contributed by atoms with Crippen LogP contribution in [0.5, 0.6) is 0 Å². The molecule has 4 rings (SSSR count). The molecule has 1 aliphatic rings. The summed E-state index contributed by atoms with van der Waals surface area (Å²) in [4.78, 5) is 41.0. The average molecular weight is 593 g/mol. The number of carbonyl (C=O) groups is 3. The van der Waals surface area contributed by atoms with Gasteiger partial charge in [-0.1, -0.05) is 60.7 Å². The number of ether oxygens (including phenoxy) is 1. The standard InChI is InChI=1S/C29H32N6O6S/c30-28(31)34-42(39,40)23-15-13-22(14-16-23)32-26(36)25-12-7-17-35(25)27(37)24(18-20-8-3-1-4-9-20)33-29(38)41-19-21-10-5-2-6-11-21/h1-6,8-11,13-16,24-25H,7,12,17-19H2,(H,32,36)(H,33,38)(H4,30,31,34)/t24-,25?/m0/s1. The third-order valence-electron chi connectivity index (χ3n) is 6.57. The third kappa shape index (κ3) is 8.07. The Balaban J connectivity index is 1.45. The highest BCUT2D eigenvalue weighted by molar-refractivity contribution is 7.90. The highest BCUT2D eigenvalue weighted by Gasteiger charge is 2.38. The summed E-state index contributed by atoms with van der Waals surface area (Å²) < 4.78 is 32.9. The van der Waals surface area contributed by atoms with Crippen molar-refractivity contribution in [3.8, 4) is 0 Å². The van der Waals surface area contributed by atoms with E-state index in [9.17, 15) is 22.8 Å². The Labute approximate surface area is 243 Å². The zero-order valence-electron chi connectivity index (χ0n) is 22.7. The number of rotatable bonds is 10. The van der Waals surface area contributed by atoms with Gasteiger partial charge in [0.2, 0.25) is 17.8 Å². The summed E-state index contributed by atoms with van der Waals surface area (Å²) in [5.74, 6) is -1.44. The number of nitrogens with zero attached hydrogens (tertiary/aromatic N) is 2. The summed E-state index contributed by atoms with van der Waals surface area (Å²) in [6.07, 6.45) is 0.474. The Morgan fingerprint density at radius 2 is 1.55 bits per heavy atom. The number of nitrogens with two attached hydrogens (primary N) is 2. The van der Waals surface area contributed by atoms with Crippen LogP contribution < -0.4 is 22.1 Å². The first-order chi connectivity index (χ1) is 20.1. The highest BCUT2D eigenvalue weighted by Crippen LogP contribution is 2.22. The molecule has 1 aliphatic heterocycles. The van der Waals surface area contributed by atoms with Crippen molar-refractivity contribution >= 4 is 39.6 Å². The summed E-state index contributed by atoms with van der Waals surface area (Å²) in [7, 11) is -4.08. The molecule has 2 atom stereocenters. The number of alkyl carbamates (subject to hydrolysis) is 1. The van der Waals surface area contributed by atoms with E-state index in [-0.39, 0.29) is 17.9 Å². The first-order valence-electron chi connectivity index (χ1n) is 13.2. The minimum Gasteiger partial charge on any atom is -0.445 e. The molecular formula is C29H32N6O6S. The lowest BCUT2D eigenvalue weighted by molar-refractivity contribution is -0.138. The number of likely N-dealkylation sites (tertiary alicyclic amines) is 1. The largest absolute Gasteiger partial charge is 0.445 e. The number of nitrogens with one attached hydrogen (secondary N) is 2. The molecule has 42 heavy (non-hydrogen) atoms. The topological polar surface area (TPSA) is 186 Å². The lowest BCUT2D eigenvalue weighted by atomic mass is 10.0. The SMILES string of the molecule is NC(N)=NS(=O)(=O)c1ccc(NC(=O)C2CCCN2C(=O)[C@H](Cc2ccccc2)NC(=O)OCc2ccccc2)cc1. The zero-order valence-corrected chi connectivity index (χ0v) is 23.5. The zero-order chi connectivity index (χ0) is 30.1. The van der Waals surface area contributed by atoms with E-state index >= 15 is 0 Å². The Hall–Kier alpha value is -4.91. The fraction of sp³-hybridized carbons (Fsp3) is 0.241. The van der Waals surface area contributed by atoms with Crippen LogP contribution in [0.1, 0.15) is 24.0 Å². The molecule has 0 aliphatic carbocycles. The van der Waals surface area contributed by atoms with Crippen LogP contribution >= 0.6 is 0 Å². The predicted molar refractivity (Wildman–Crippen MR) is 156 cm³/mol. The van der Waals surface area contributed by atoms with Crippen molar-refractivity contribution in [2.24, 2.45) is 15.9 Å². The normalized spacial score (nSPS) is 15.3. The Morgan fingerprint density at radius 1 is 0.929 bits per heavy atom. The summed E-state index contributed by atoms with van der Waals surface area (Å²) in [6.45, 7) is 0.373. The summed E-state index contributed by atoms with van der Waals surface area (Å²) in [6, 6.07) is 22.0. The van der Waals surface area contributed by atoms with Gasteiger partial charge in [-0.2, -0.15) is 8.42 Å². The number of hydrogen-bond donors (Lipinski definition) is 4. The Bertz CT molecular complexity index is 1530. The molecule has 1 unspecified atom stereocenters. The molecule has 0 spiro atoms. The van der Waals surface area contributed by atoms with Gasteiger partial charge in [0, 0.05) is 18.7 Å². The van der Waals surface area contributed by atoms with Crippen LogP contribution in [0.3, 0.4) is 0 Å². The third-order valence-corrected chi connectivity index (χ3v) is 7.89. The van der Waals surface area contributed by atoms with Crippen LogP contribution in [0, 0.1) is 0 Å². The van der Waals surface area contributed by atoms with Gasteiger partial charge in [-0.3, -0.25) is 9.59 Å². The van der Waals surface area contributed by atoms with E-state index in [2.05, 4.69) is 15.0 Å². The van der Waals surface area contributed by atoms with Crippen molar-refractivity contribution in [3.05, 3.63) is 96.1 Å². The summed E-state index contributed by atoms with van der Waals surface area (Å²) in [5.41, 5.74) is 12.3. The van der Waals surface area contributed by atoms with Crippen LogP contribution in [-0.2, 0) is 37.4 Å². The maximum atomic E-state index is 13.7. The van der Waals surface area contributed by atoms with Crippen molar-refractivity contribution in [1.29, 1.82) is 0 Å². The van der Waals surface area contributed by atoms with Gasteiger partial charge >= 0.3 is 6.09 Å². The van der Waals surface area contributed by atoms with Gasteiger partial charge in [0.25, 0.3) is 10.0 Å². The van der Waals surface area contributed by atoms with Gasteiger partial charge in [-0.15, -0.1) is 4.40 Å². The predicted octanol–water partition coefficient (Wildman–Crippen LogP) is 2.12. The number of amides is 3. The molecule has 1 heterocycles. The second-order valence-corrected chi connectivity index (χ2v) is 11.2. The molecule has 220 valence electrons. The van der Waals surface area contributed by atoms with Crippen molar-refractivity contribution in [1.82, 2.24) is 10.2 Å². The molecule has 0 bridgehead atoms. The van der Waals surface area contributed by atoms with Gasteiger partial charge in [0.1, 0.15) is 18.7 Å². The van der Waals surface area contributed by atoms with E-state index in [0.717, 1.165) is 11.1 Å². The molecule has 0 saturated carbocycles. The van der Waals surface area contributed by atoms with Crippen LogP contribution in [0.4, 0.5) is 10.5 Å². The van der Waals surface area contributed by atoms with Gasteiger partial charge in [0.05, 0.1) is 4.90 Å². The minimum atomic E-state index is -4.08. The van der Waals surface area contributed by atoms with E-state index in [0.29, 0.717) is 25.1 Å². The Morgan fingerprint density at radius 3 is 2.17 bits per heavy atom. The maximum absolute atomic E-state index is 13.7. The molecule has 6 N–H and O–H groups in total. The molecule has 0 aromatic heterocycles. The first-order valence-corrected chi connectivity index (χ1v) is 14.6. The fourth-order valence-corrected chi connectivity index (χ4v) is 5.45. The van der Waals surface area contributed by atoms with Crippen molar-refractivity contribution in [3.63, 3.8) is 0 Å². The molecule has 0 radical (unpaired) electrons. The van der Waals surface area contributed by atoms with Crippen LogP contribution in [0.15, 0.2) is 94.2 Å². The molecular weight excluding hydrogens is 560 g/mol. The van der Waals surface area contributed by atoms with Crippen LogP contribution in [0.25, 0.3) is 0 Å². The second kappa shape index (κ2) is 13.6. The molecule has 3 aromatic carbocycles. The summed E-state index contributed by atoms with van der Waals surface area (Å²) in [5, 5.41) is 5.42. The van der Waals surface area contributed by atoms with Crippen molar-refractivity contribution < 1.29 is 27.5 Å². The van der Waals surface area contributed by atoms with Gasteiger partial charge in [-0.25, -0.2) is 4.79 Å². The molecule has 12 nitrogen and oxygen atoms in total. The number of hydrogen-bond acceptors (Lipinski definition) is 6. The van der Waals surface area contributed by atoms with Crippen LogP contribution in [0.2, 0.25) is 0 Å². The molecule has 1 saturated heterocycles. The monoisotopic (exact) mass is 592 g/mol. The van der Waals surface area contributed by atoms with Crippen molar-refractivity contribution in [2.45, 2.75) is 42.8 Å². The number of anilines is 1. The van der Waals surface area contributed by atoms with Gasteiger partial charge in [0.15, 0.2) is 0 Å². The van der Waals surface area contributed by atoms with E-state index in [1.165, 1.54) is 29.2 Å². The number of benzene rings is 3. The van der Waals surface area contributed by atoms with E-state index in [1.807, 2.05) is 60.7 Å². The van der Waals surface area contributed by atoms with E-state index < -0.39 is 46.0 Å². The smallest absolute Gasteiger partial charge is 0.408 e. The van der Waals surface area contributed by atoms with Gasteiger partial charge in [-0.05, 0) is 48.2 Å². The van der Waals surface area contributed by atoms with Gasteiger partial charge < -0.3 is 31.7 Å². The molecule has 13 heteroatoms. The fourth-order valence-electron chi connectivity index (χ4n) is 4.59. The lowest BCUT2D eigenvalue weighted by Crippen LogP contribution is -2.53. The first kappa shape index (κ1) is 30.1. The highest BCUT2D eigenvalue weighted by atomic mass is 32.2. The summed E-state index contributed by atoms with van der Waals surface area (Å²) >= 11 is 0. The van der Waals surface area contributed by atoms with E-state index in [4.69, 9.17) is 16.2 Å². The molecule has 3 amide bonds. The minimum absolute atomic E-state index is 0.0414. The molecule has 3 aromatic rings. The maximum Gasteiger partial charge on any atom is 0.408 e. The number of carbonyl (C=O) groups excluding carboxylic acids is 3. The average Bonchev–Trinajstić information content (AvgIpc) is 3.46. The Kier molecular flexibility index (Phi) is 9.76. The second-order valence-electron chi connectivity index (χ2n) is 9.64. The van der Waals surface area contributed by atoms with Crippen LogP contribution in [-0.4, -0.2) is 55.8 Å². The quantitative estimate of drug-likeness (QED) is 0.204. The van der Waals surface area contributed by atoms with Crippen molar-refractivity contribution in [2.75, 3.05) is 11.9 Å². The molecule has 1 fully saturated rings. The number of guanidine groups is 1. The lowest BCUT2D eigenvalue weighted by Gasteiger charge is -2.28.